The van der Waals surface area contributed by atoms with E-state index < -0.39 is 0 Å². The number of nitrogens with zero attached hydrogens (tertiary/aromatic N) is 3. The minimum atomic E-state index is -0.173. The number of allylic oxidation sites excluding steroid dienone is 1. The first kappa shape index (κ1) is 17.2. The number of fused-ring (bicyclic) bond motifs is 1. The highest BCUT2D eigenvalue weighted by Gasteiger charge is 2.13. The molecule has 0 saturated carbocycles. The second kappa shape index (κ2) is 7.92. The van der Waals surface area contributed by atoms with E-state index in [0.717, 1.165) is 6.42 Å². The first-order valence-electron chi connectivity index (χ1n) is 7.45. The average molecular weight is 332 g/mol. The summed E-state index contributed by atoms with van der Waals surface area (Å²) in [5.41, 5.74) is 0.218. The highest BCUT2D eigenvalue weighted by molar-refractivity contribution is 7.99. The SMILES string of the molecule is C=CCn1c(SCC(=O)NC(C)CC)nc2ncccc2c1=O. The van der Waals surface area contributed by atoms with Gasteiger partial charge in [-0.15, -0.1) is 6.58 Å². The molecule has 0 aliphatic rings. The average Bonchev–Trinajstić information content (AvgIpc) is 2.55. The van der Waals surface area contributed by atoms with Crippen LogP contribution in [0.1, 0.15) is 20.3 Å². The topological polar surface area (TPSA) is 76.9 Å². The monoisotopic (exact) mass is 332 g/mol. The van der Waals surface area contributed by atoms with Crippen LogP contribution in [0.25, 0.3) is 11.0 Å². The fraction of sp³-hybridized carbons (Fsp3) is 0.375. The molecule has 0 spiro atoms. The smallest absolute Gasteiger partial charge is 0.263 e. The summed E-state index contributed by atoms with van der Waals surface area (Å²) in [4.78, 5) is 33.0. The maximum atomic E-state index is 12.5. The molecule has 1 amide bonds. The van der Waals surface area contributed by atoms with Crippen LogP contribution in [0.3, 0.4) is 0 Å². The molecule has 23 heavy (non-hydrogen) atoms. The van der Waals surface area contributed by atoms with Crippen LogP contribution < -0.4 is 10.9 Å². The summed E-state index contributed by atoms with van der Waals surface area (Å²) < 4.78 is 1.51. The van der Waals surface area contributed by atoms with Gasteiger partial charge in [-0.05, 0) is 25.5 Å². The number of rotatable bonds is 7. The Labute approximate surface area is 139 Å². The molecule has 0 radical (unpaired) electrons. The predicted octanol–water partition coefficient (Wildman–Crippen LogP) is 1.98. The molecular formula is C16H20N4O2S. The molecule has 2 aromatic rings. The van der Waals surface area contributed by atoms with Crippen LogP contribution >= 0.6 is 11.8 Å². The maximum absolute atomic E-state index is 12.5. The van der Waals surface area contributed by atoms with E-state index in [1.54, 1.807) is 24.4 Å². The van der Waals surface area contributed by atoms with Crippen LogP contribution in [0.2, 0.25) is 0 Å². The van der Waals surface area contributed by atoms with Crippen molar-refractivity contribution in [2.45, 2.75) is 38.0 Å². The number of nitrogens with one attached hydrogen (secondary N) is 1. The minimum Gasteiger partial charge on any atom is -0.353 e. The lowest BCUT2D eigenvalue weighted by Crippen LogP contribution is -2.33. The summed E-state index contributed by atoms with van der Waals surface area (Å²) in [6, 6.07) is 3.53. The highest BCUT2D eigenvalue weighted by atomic mass is 32.2. The Balaban J connectivity index is 2.28. The lowest BCUT2D eigenvalue weighted by molar-refractivity contribution is -0.119. The molecule has 2 rings (SSSR count). The van der Waals surface area contributed by atoms with E-state index in [2.05, 4.69) is 21.9 Å². The van der Waals surface area contributed by atoms with Gasteiger partial charge in [0.15, 0.2) is 10.8 Å². The summed E-state index contributed by atoms with van der Waals surface area (Å²) in [5.74, 6) is 0.122. The number of hydrogen-bond acceptors (Lipinski definition) is 5. The van der Waals surface area contributed by atoms with E-state index >= 15 is 0 Å². The van der Waals surface area contributed by atoms with Crippen molar-refractivity contribution in [3.63, 3.8) is 0 Å². The molecule has 0 saturated heterocycles. The molecule has 1 N–H and O–H groups in total. The zero-order valence-electron chi connectivity index (χ0n) is 13.3. The molecule has 2 aromatic heterocycles. The van der Waals surface area contributed by atoms with Gasteiger partial charge in [0.1, 0.15) is 0 Å². The largest absolute Gasteiger partial charge is 0.353 e. The molecule has 0 bridgehead atoms. The molecule has 122 valence electrons. The molecule has 1 unspecified atom stereocenters. The Morgan fingerprint density at radius 1 is 1.57 bits per heavy atom. The van der Waals surface area contributed by atoms with E-state index in [1.807, 2.05) is 13.8 Å². The standard InChI is InChI=1S/C16H20N4O2S/c1-4-9-20-15(22)12-7-6-8-17-14(12)19-16(20)23-10-13(21)18-11(3)5-2/h4,6-8,11H,1,5,9-10H2,2-3H3,(H,18,21). The van der Waals surface area contributed by atoms with Crippen molar-refractivity contribution in [3.8, 4) is 0 Å². The summed E-state index contributed by atoms with van der Waals surface area (Å²) >= 11 is 1.23. The molecule has 6 nitrogen and oxygen atoms in total. The van der Waals surface area contributed by atoms with Crippen LogP contribution in [0.15, 0.2) is 40.9 Å². The van der Waals surface area contributed by atoms with Gasteiger partial charge in [-0.2, -0.15) is 0 Å². The zero-order chi connectivity index (χ0) is 16.8. The number of thioether (sulfide) groups is 1. The first-order valence-corrected chi connectivity index (χ1v) is 8.44. The number of carbonyl (C=O) groups excluding carboxylic acids is 1. The van der Waals surface area contributed by atoms with Gasteiger partial charge < -0.3 is 5.32 Å². The van der Waals surface area contributed by atoms with Crippen molar-refractivity contribution in [2.75, 3.05) is 5.75 Å². The highest BCUT2D eigenvalue weighted by Crippen LogP contribution is 2.16. The van der Waals surface area contributed by atoms with Gasteiger partial charge in [0, 0.05) is 18.8 Å². The van der Waals surface area contributed by atoms with Crippen LogP contribution in [0, 0.1) is 0 Å². The van der Waals surface area contributed by atoms with Gasteiger partial charge in [-0.25, -0.2) is 9.97 Å². The second-order valence-corrected chi connectivity index (χ2v) is 6.08. The molecule has 7 heteroatoms. The number of carbonyl (C=O) groups is 1. The number of hydrogen-bond donors (Lipinski definition) is 1. The zero-order valence-corrected chi connectivity index (χ0v) is 14.1. The Bertz CT molecular complexity index is 772. The van der Waals surface area contributed by atoms with E-state index in [0.29, 0.717) is 22.7 Å². The molecule has 0 aliphatic carbocycles. The third kappa shape index (κ3) is 4.19. The van der Waals surface area contributed by atoms with E-state index in [4.69, 9.17) is 0 Å². The predicted molar refractivity (Wildman–Crippen MR) is 92.6 cm³/mol. The Morgan fingerprint density at radius 2 is 2.35 bits per heavy atom. The van der Waals surface area contributed by atoms with Crippen molar-refractivity contribution in [1.82, 2.24) is 19.9 Å². The first-order chi connectivity index (χ1) is 11.1. The Hall–Kier alpha value is -2.15. The van der Waals surface area contributed by atoms with Gasteiger partial charge in [0.2, 0.25) is 5.91 Å². The maximum Gasteiger partial charge on any atom is 0.263 e. The lowest BCUT2D eigenvalue weighted by Gasteiger charge is -2.13. The molecule has 2 heterocycles. The summed E-state index contributed by atoms with van der Waals surface area (Å²) in [6.45, 7) is 7.97. The molecule has 0 fully saturated rings. The third-order valence-electron chi connectivity index (χ3n) is 3.36. The van der Waals surface area contributed by atoms with Gasteiger partial charge in [-0.3, -0.25) is 14.2 Å². The summed E-state index contributed by atoms with van der Waals surface area (Å²) in [5, 5.41) is 3.83. The second-order valence-electron chi connectivity index (χ2n) is 5.14. The fourth-order valence-electron chi connectivity index (χ4n) is 1.99. The summed E-state index contributed by atoms with van der Waals surface area (Å²) in [7, 11) is 0. The normalized spacial score (nSPS) is 12.1. The Morgan fingerprint density at radius 3 is 3.04 bits per heavy atom. The van der Waals surface area contributed by atoms with E-state index in [9.17, 15) is 9.59 Å². The summed E-state index contributed by atoms with van der Waals surface area (Å²) in [6.07, 6.45) is 4.10. The van der Waals surface area contributed by atoms with Gasteiger partial charge in [0.05, 0.1) is 11.1 Å². The molecule has 0 aromatic carbocycles. The van der Waals surface area contributed by atoms with Crippen molar-refractivity contribution < 1.29 is 4.79 Å². The molecule has 1 atom stereocenters. The van der Waals surface area contributed by atoms with Crippen LogP contribution in [0.4, 0.5) is 0 Å². The third-order valence-corrected chi connectivity index (χ3v) is 4.33. The van der Waals surface area contributed by atoms with Crippen LogP contribution in [-0.2, 0) is 11.3 Å². The quantitative estimate of drug-likeness (QED) is 0.477. The van der Waals surface area contributed by atoms with Crippen LogP contribution in [-0.4, -0.2) is 32.2 Å². The van der Waals surface area contributed by atoms with Crippen molar-refractivity contribution >= 4 is 28.7 Å². The van der Waals surface area contributed by atoms with E-state index in [-0.39, 0.29) is 23.3 Å². The van der Waals surface area contributed by atoms with E-state index in [1.165, 1.54) is 16.3 Å². The lowest BCUT2D eigenvalue weighted by atomic mass is 10.3. The fourth-order valence-corrected chi connectivity index (χ4v) is 2.79. The van der Waals surface area contributed by atoms with Gasteiger partial charge in [-0.1, -0.05) is 24.8 Å². The van der Waals surface area contributed by atoms with Gasteiger partial charge >= 0.3 is 0 Å². The number of amides is 1. The number of aromatic nitrogens is 3. The Kier molecular flexibility index (Phi) is 5.92. The molecular weight excluding hydrogens is 312 g/mol. The molecule has 0 aliphatic heterocycles. The minimum absolute atomic E-state index is 0.0788. The van der Waals surface area contributed by atoms with Crippen molar-refractivity contribution in [1.29, 1.82) is 0 Å². The van der Waals surface area contributed by atoms with Gasteiger partial charge in [0.25, 0.3) is 5.56 Å². The van der Waals surface area contributed by atoms with Crippen molar-refractivity contribution in [2.24, 2.45) is 0 Å². The van der Waals surface area contributed by atoms with Crippen LogP contribution in [0.5, 0.6) is 0 Å². The number of pyridine rings is 1. The van der Waals surface area contributed by atoms with Crippen molar-refractivity contribution in [3.05, 3.63) is 41.3 Å².